The summed E-state index contributed by atoms with van der Waals surface area (Å²) in [6.45, 7) is 6.24. The summed E-state index contributed by atoms with van der Waals surface area (Å²) in [5, 5.41) is 2.97. The van der Waals surface area contributed by atoms with Gasteiger partial charge in [-0.3, -0.25) is 9.59 Å². The third-order valence-corrected chi connectivity index (χ3v) is 6.05. The molecule has 4 nitrogen and oxygen atoms in total. The van der Waals surface area contributed by atoms with Crippen LogP contribution in [0.3, 0.4) is 0 Å². The lowest BCUT2D eigenvalue weighted by Gasteiger charge is -2.29. The molecule has 0 heterocycles. The Morgan fingerprint density at radius 1 is 1.03 bits per heavy atom. The van der Waals surface area contributed by atoms with Gasteiger partial charge in [0.15, 0.2) is 0 Å². The second-order valence-corrected chi connectivity index (χ2v) is 8.42. The summed E-state index contributed by atoms with van der Waals surface area (Å²) >= 11 is 1.47. The normalized spacial score (nSPS) is 12.8. The Hall–Kier alpha value is -2.34. The van der Waals surface area contributed by atoms with E-state index in [1.807, 2.05) is 44.2 Å². The van der Waals surface area contributed by atoms with E-state index >= 15 is 0 Å². The van der Waals surface area contributed by atoms with Gasteiger partial charge in [0.05, 0.1) is 5.75 Å². The number of benzene rings is 2. The predicted octanol–water partition coefficient (Wildman–Crippen LogP) is 4.43. The Kier molecular flexibility index (Phi) is 9.87. The first kappa shape index (κ1) is 23.9. The van der Waals surface area contributed by atoms with E-state index in [1.165, 1.54) is 23.9 Å². The lowest BCUT2D eigenvalue weighted by molar-refractivity contribution is -0.138. The van der Waals surface area contributed by atoms with E-state index in [4.69, 9.17) is 0 Å². The molecule has 0 bridgehead atoms. The second kappa shape index (κ2) is 12.4. The van der Waals surface area contributed by atoms with Crippen LogP contribution in [0.4, 0.5) is 4.39 Å². The van der Waals surface area contributed by atoms with Crippen molar-refractivity contribution in [2.75, 3.05) is 12.3 Å². The van der Waals surface area contributed by atoms with Gasteiger partial charge < -0.3 is 10.2 Å². The molecule has 0 saturated heterocycles. The molecule has 0 aromatic heterocycles. The molecule has 0 aliphatic rings. The summed E-state index contributed by atoms with van der Waals surface area (Å²) < 4.78 is 13.0. The van der Waals surface area contributed by atoms with Gasteiger partial charge in [0.2, 0.25) is 11.8 Å². The van der Waals surface area contributed by atoms with Crippen LogP contribution in [0, 0.1) is 5.82 Å². The van der Waals surface area contributed by atoms with Crippen molar-refractivity contribution in [3.05, 3.63) is 71.5 Å². The Balaban J connectivity index is 1.99. The highest BCUT2D eigenvalue weighted by molar-refractivity contribution is 7.99. The van der Waals surface area contributed by atoms with Crippen molar-refractivity contribution in [3.63, 3.8) is 0 Å². The van der Waals surface area contributed by atoms with Crippen LogP contribution in [0.25, 0.3) is 0 Å². The molecule has 0 saturated carbocycles. The average Bonchev–Trinajstić information content (AvgIpc) is 2.75. The fourth-order valence-corrected chi connectivity index (χ4v) is 3.83. The van der Waals surface area contributed by atoms with Gasteiger partial charge in [-0.05, 0) is 49.9 Å². The monoisotopic (exact) mass is 430 g/mol. The molecule has 2 amide bonds. The Bertz CT molecular complexity index is 799. The van der Waals surface area contributed by atoms with E-state index in [0.717, 1.165) is 17.5 Å². The van der Waals surface area contributed by atoms with Crippen LogP contribution in [0.2, 0.25) is 0 Å². The van der Waals surface area contributed by atoms with Crippen molar-refractivity contribution in [2.45, 2.75) is 51.4 Å². The molecule has 2 rings (SSSR count). The number of halogens is 1. The number of thioether (sulfide) groups is 1. The summed E-state index contributed by atoms with van der Waals surface area (Å²) in [5.74, 6) is 0.422. The quantitative estimate of drug-likeness (QED) is 0.574. The van der Waals surface area contributed by atoms with Crippen molar-refractivity contribution < 1.29 is 14.0 Å². The van der Waals surface area contributed by atoms with Crippen LogP contribution < -0.4 is 5.32 Å². The topological polar surface area (TPSA) is 49.4 Å². The first-order chi connectivity index (χ1) is 14.4. The minimum atomic E-state index is -0.540. The summed E-state index contributed by atoms with van der Waals surface area (Å²) in [4.78, 5) is 27.3. The summed E-state index contributed by atoms with van der Waals surface area (Å²) in [6.07, 6.45) is 1.53. The third kappa shape index (κ3) is 7.82. The lowest BCUT2D eigenvalue weighted by atomic mass is 10.1. The number of hydrogen-bond donors (Lipinski definition) is 1. The molecule has 0 aliphatic heterocycles. The summed E-state index contributed by atoms with van der Waals surface area (Å²) in [6, 6.07) is 15.8. The van der Waals surface area contributed by atoms with E-state index in [-0.39, 0.29) is 29.4 Å². The summed E-state index contributed by atoms with van der Waals surface area (Å²) in [7, 11) is 0. The maximum absolute atomic E-state index is 13.0. The Labute approximate surface area is 183 Å². The van der Waals surface area contributed by atoms with E-state index in [9.17, 15) is 14.0 Å². The van der Waals surface area contributed by atoms with E-state index in [0.29, 0.717) is 18.7 Å². The van der Waals surface area contributed by atoms with Crippen LogP contribution in [-0.2, 0) is 21.8 Å². The maximum atomic E-state index is 13.0. The fraction of sp³-hybridized carbons (Fsp3) is 0.417. The third-order valence-electron chi connectivity index (χ3n) is 5.06. The highest BCUT2D eigenvalue weighted by Gasteiger charge is 2.26. The van der Waals surface area contributed by atoms with Crippen LogP contribution in [0.15, 0.2) is 54.6 Å². The zero-order valence-corrected chi connectivity index (χ0v) is 18.8. The van der Waals surface area contributed by atoms with Crippen molar-refractivity contribution in [2.24, 2.45) is 0 Å². The standard InChI is InChI=1S/C24H31FN2O2S/c1-4-18(2)26-24(29)19(3)27(15-14-20-8-6-5-7-9-20)23(28)17-30-16-21-10-12-22(25)13-11-21/h5-13,18-19H,4,14-17H2,1-3H3,(H,26,29)/t18-,19+/m0/s1. The smallest absolute Gasteiger partial charge is 0.242 e. The molecule has 2 atom stereocenters. The number of carbonyl (C=O) groups is 2. The van der Waals surface area contributed by atoms with Gasteiger partial charge in [0, 0.05) is 18.3 Å². The van der Waals surface area contributed by atoms with Gasteiger partial charge >= 0.3 is 0 Å². The number of nitrogens with zero attached hydrogens (tertiary/aromatic N) is 1. The molecule has 1 N–H and O–H groups in total. The van der Waals surface area contributed by atoms with Crippen LogP contribution in [-0.4, -0.2) is 41.1 Å². The van der Waals surface area contributed by atoms with E-state index in [2.05, 4.69) is 5.32 Å². The van der Waals surface area contributed by atoms with E-state index in [1.54, 1.807) is 24.0 Å². The van der Waals surface area contributed by atoms with Gasteiger partial charge in [-0.2, -0.15) is 0 Å². The molecule has 2 aromatic carbocycles. The average molecular weight is 431 g/mol. The first-order valence-electron chi connectivity index (χ1n) is 10.4. The van der Waals surface area contributed by atoms with Crippen molar-refractivity contribution >= 4 is 23.6 Å². The van der Waals surface area contributed by atoms with Crippen LogP contribution in [0.1, 0.15) is 38.3 Å². The minimum absolute atomic E-state index is 0.0650. The predicted molar refractivity (Wildman–Crippen MR) is 122 cm³/mol. The Morgan fingerprint density at radius 3 is 2.33 bits per heavy atom. The highest BCUT2D eigenvalue weighted by Crippen LogP contribution is 2.15. The van der Waals surface area contributed by atoms with Gasteiger partial charge in [-0.15, -0.1) is 11.8 Å². The van der Waals surface area contributed by atoms with Crippen molar-refractivity contribution in [3.8, 4) is 0 Å². The number of nitrogens with one attached hydrogen (secondary N) is 1. The van der Waals surface area contributed by atoms with Gasteiger partial charge in [-0.25, -0.2) is 4.39 Å². The molecule has 162 valence electrons. The molecule has 0 unspecified atom stereocenters. The van der Waals surface area contributed by atoms with Crippen LogP contribution in [0.5, 0.6) is 0 Å². The van der Waals surface area contributed by atoms with E-state index < -0.39 is 6.04 Å². The highest BCUT2D eigenvalue weighted by atomic mass is 32.2. The van der Waals surface area contributed by atoms with Gasteiger partial charge in [-0.1, -0.05) is 49.4 Å². The van der Waals surface area contributed by atoms with Crippen LogP contribution >= 0.6 is 11.8 Å². The van der Waals surface area contributed by atoms with Gasteiger partial charge in [0.1, 0.15) is 11.9 Å². The molecule has 0 fully saturated rings. The largest absolute Gasteiger partial charge is 0.352 e. The minimum Gasteiger partial charge on any atom is -0.352 e. The SMILES string of the molecule is CC[C@H](C)NC(=O)[C@@H](C)N(CCc1ccccc1)C(=O)CSCc1ccc(F)cc1. The molecule has 30 heavy (non-hydrogen) atoms. The molecule has 6 heteroatoms. The number of hydrogen-bond acceptors (Lipinski definition) is 3. The number of rotatable bonds is 11. The zero-order chi connectivity index (χ0) is 21.9. The van der Waals surface area contributed by atoms with Gasteiger partial charge in [0.25, 0.3) is 0 Å². The molecule has 0 aliphatic carbocycles. The molecule has 0 spiro atoms. The molecule has 2 aromatic rings. The molecular formula is C24H31FN2O2S. The van der Waals surface area contributed by atoms with Crippen molar-refractivity contribution in [1.82, 2.24) is 10.2 Å². The molecule has 0 radical (unpaired) electrons. The van der Waals surface area contributed by atoms with Crippen molar-refractivity contribution in [1.29, 1.82) is 0 Å². The first-order valence-corrected chi connectivity index (χ1v) is 11.5. The number of amides is 2. The summed E-state index contributed by atoms with van der Waals surface area (Å²) in [5.41, 5.74) is 2.09. The zero-order valence-electron chi connectivity index (χ0n) is 17.9. The number of carbonyl (C=O) groups excluding carboxylic acids is 2. The Morgan fingerprint density at radius 2 is 1.70 bits per heavy atom. The maximum Gasteiger partial charge on any atom is 0.242 e. The fourth-order valence-electron chi connectivity index (χ4n) is 2.96. The second-order valence-electron chi connectivity index (χ2n) is 7.44. The molecular weight excluding hydrogens is 399 g/mol. The lowest BCUT2D eigenvalue weighted by Crippen LogP contribution is -2.51.